The van der Waals surface area contributed by atoms with E-state index in [4.69, 9.17) is 0 Å². The maximum Gasteiger partial charge on any atom is 0.0407 e. The molecule has 0 aliphatic carbocycles. The van der Waals surface area contributed by atoms with E-state index in [1.807, 2.05) is 11.3 Å². The van der Waals surface area contributed by atoms with Crippen molar-refractivity contribution in [1.29, 1.82) is 0 Å². The van der Waals surface area contributed by atoms with Crippen LogP contribution in [0.3, 0.4) is 0 Å². The van der Waals surface area contributed by atoms with Crippen molar-refractivity contribution in [3.8, 4) is 0 Å². The number of benzene rings is 1. The van der Waals surface area contributed by atoms with Crippen molar-refractivity contribution in [3.05, 3.63) is 35.2 Å². The summed E-state index contributed by atoms with van der Waals surface area (Å²) in [6.45, 7) is 8.91. The summed E-state index contributed by atoms with van der Waals surface area (Å²) in [7, 11) is 0. The number of hydrogen-bond donors (Lipinski definition) is 1. The summed E-state index contributed by atoms with van der Waals surface area (Å²) in [4.78, 5) is 0. The lowest BCUT2D eigenvalue weighted by Gasteiger charge is -2.22. The van der Waals surface area contributed by atoms with Gasteiger partial charge in [0.25, 0.3) is 0 Å². The first-order valence-electron chi connectivity index (χ1n) is 5.87. The number of thiophene rings is 1. The zero-order valence-corrected chi connectivity index (χ0v) is 12.4. The molecule has 0 aliphatic rings. The molecule has 1 N–H and O–H groups in total. The van der Waals surface area contributed by atoms with Crippen molar-refractivity contribution in [3.63, 3.8) is 0 Å². The Labute approximate surface area is 112 Å². The Kier molecular flexibility index (Phi) is 3.81. The molecular formula is C14H19NS2. The quantitative estimate of drug-likeness (QED) is 0.784. The van der Waals surface area contributed by atoms with Crippen LogP contribution < -0.4 is 4.72 Å². The molecule has 0 saturated carbocycles. The molecule has 0 amide bonds. The van der Waals surface area contributed by atoms with E-state index in [-0.39, 0.29) is 4.75 Å². The van der Waals surface area contributed by atoms with Crippen molar-refractivity contribution in [2.24, 2.45) is 0 Å². The van der Waals surface area contributed by atoms with Crippen molar-refractivity contribution >= 4 is 33.4 Å². The molecule has 0 fully saturated rings. The first-order chi connectivity index (χ1) is 7.97. The van der Waals surface area contributed by atoms with Crippen LogP contribution in [0.2, 0.25) is 0 Å². The first kappa shape index (κ1) is 12.9. The lowest BCUT2D eigenvalue weighted by Crippen LogP contribution is -2.19. The van der Waals surface area contributed by atoms with Crippen molar-refractivity contribution in [2.45, 2.75) is 38.5 Å². The summed E-state index contributed by atoms with van der Waals surface area (Å²) in [5, 5.41) is 3.51. The smallest absolute Gasteiger partial charge is 0.0407 e. The third kappa shape index (κ3) is 3.24. The van der Waals surface area contributed by atoms with Gasteiger partial charge in [-0.2, -0.15) is 0 Å². The van der Waals surface area contributed by atoms with Crippen molar-refractivity contribution in [2.75, 3.05) is 0 Å². The average Bonchev–Trinajstić information content (AvgIpc) is 2.72. The van der Waals surface area contributed by atoms with Crippen LogP contribution in [0, 0.1) is 0 Å². The molecule has 0 radical (unpaired) electrons. The second kappa shape index (κ2) is 5.01. The van der Waals surface area contributed by atoms with Crippen LogP contribution in [-0.2, 0) is 0 Å². The summed E-state index contributed by atoms with van der Waals surface area (Å²) < 4.78 is 5.20. The van der Waals surface area contributed by atoms with E-state index in [1.54, 1.807) is 11.9 Å². The predicted molar refractivity (Wildman–Crippen MR) is 80.7 cm³/mol. The van der Waals surface area contributed by atoms with Gasteiger partial charge < -0.3 is 0 Å². The van der Waals surface area contributed by atoms with E-state index in [0.29, 0.717) is 6.04 Å². The van der Waals surface area contributed by atoms with Crippen LogP contribution in [0.5, 0.6) is 0 Å². The predicted octanol–water partition coefficient (Wildman–Crippen LogP) is 5.00. The van der Waals surface area contributed by atoms with Crippen LogP contribution in [0.4, 0.5) is 0 Å². The molecule has 92 valence electrons. The fourth-order valence-electron chi connectivity index (χ4n) is 1.69. The van der Waals surface area contributed by atoms with Gasteiger partial charge in [-0.3, -0.25) is 4.72 Å². The molecule has 3 heteroatoms. The van der Waals surface area contributed by atoms with Gasteiger partial charge in [-0.05, 0) is 50.1 Å². The zero-order valence-electron chi connectivity index (χ0n) is 10.8. The molecule has 1 aromatic heterocycles. The molecule has 2 aromatic rings. The van der Waals surface area contributed by atoms with Crippen LogP contribution >= 0.6 is 23.3 Å². The van der Waals surface area contributed by atoms with Gasteiger partial charge in [-0.1, -0.05) is 30.1 Å². The monoisotopic (exact) mass is 265 g/mol. The Morgan fingerprint density at radius 1 is 1.24 bits per heavy atom. The fraction of sp³-hybridized carbons (Fsp3) is 0.429. The summed E-state index contributed by atoms with van der Waals surface area (Å²) in [5.41, 5.74) is 1.40. The normalized spacial score (nSPS) is 14.1. The van der Waals surface area contributed by atoms with Gasteiger partial charge in [0.05, 0.1) is 0 Å². The minimum Gasteiger partial charge on any atom is -0.256 e. The van der Waals surface area contributed by atoms with Gasteiger partial charge >= 0.3 is 0 Å². The van der Waals surface area contributed by atoms with Crippen LogP contribution in [0.25, 0.3) is 10.1 Å². The van der Waals surface area contributed by atoms with Crippen LogP contribution in [-0.4, -0.2) is 4.75 Å². The summed E-state index contributed by atoms with van der Waals surface area (Å²) in [6, 6.07) is 9.11. The lowest BCUT2D eigenvalue weighted by atomic mass is 10.1. The van der Waals surface area contributed by atoms with Gasteiger partial charge in [0.1, 0.15) is 0 Å². The van der Waals surface area contributed by atoms with E-state index >= 15 is 0 Å². The molecule has 1 nitrogen and oxygen atoms in total. The summed E-state index contributed by atoms with van der Waals surface area (Å²) >= 11 is 3.63. The topological polar surface area (TPSA) is 12.0 Å². The highest BCUT2D eigenvalue weighted by atomic mass is 32.2. The summed E-state index contributed by atoms with van der Waals surface area (Å²) in [5.74, 6) is 0. The molecule has 17 heavy (non-hydrogen) atoms. The van der Waals surface area contributed by atoms with Crippen LogP contribution in [0.1, 0.15) is 39.3 Å². The van der Waals surface area contributed by atoms with Gasteiger partial charge in [-0.15, -0.1) is 11.3 Å². The Bertz CT molecular complexity index is 496. The van der Waals surface area contributed by atoms with Crippen molar-refractivity contribution < 1.29 is 0 Å². The number of fused-ring (bicyclic) bond motifs is 1. The Morgan fingerprint density at radius 2 is 2.00 bits per heavy atom. The molecule has 1 atom stereocenters. The molecule has 1 heterocycles. The number of hydrogen-bond acceptors (Lipinski definition) is 3. The fourth-order valence-corrected chi connectivity index (χ4v) is 3.35. The Morgan fingerprint density at radius 3 is 2.71 bits per heavy atom. The Hall–Kier alpha value is -0.510. The number of rotatable bonds is 3. The van der Waals surface area contributed by atoms with Gasteiger partial charge in [0.15, 0.2) is 0 Å². The summed E-state index contributed by atoms with van der Waals surface area (Å²) in [6.07, 6.45) is 0. The molecule has 0 aliphatic heterocycles. The Balaban J connectivity index is 2.19. The maximum atomic E-state index is 3.54. The third-order valence-electron chi connectivity index (χ3n) is 2.52. The van der Waals surface area contributed by atoms with Gasteiger partial charge in [0.2, 0.25) is 0 Å². The van der Waals surface area contributed by atoms with Gasteiger partial charge in [-0.25, -0.2) is 0 Å². The van der Waals surface area contributed by atoms with Gasteiger partial charge in [0, 0.05) is 15.5 Å². The van der Waals surface area contributed by atoms with E-state index in [2.05, 4.69) is 62.1 Å². The highest BCUT2D eigenvalue weighted by Crippen LogP contribution is 2.31. The van der Waals surface area contributed by atoms with E-state index in [0.717, 1.165) is 0 Å². The lowest BCUT2D eigenvalue weighted by molar-refractivity contribution is 0.729. The van der Waals surface area contributed by atoms with E-state index < -0.39 is 0 Å². The molecule has 1 aromatic carbocycles. The minimum absolute atomic E-state index is 0.248. The first-order valence-corrected chi connectivity index (χ1v) is 7.56. The zero-order chi connectivity index (χ0) is 12.5. The highest BCUT2D eigenvalue weighted by Gasteiger charge is 2.15. The molecule has 2 rings (SSSR count). The molecule has 0 saturated heterocycles. The number of nitrogens with one attached hydrogen (secondary N) is 1. The second-order valence-corrected chi connectivity index (χ2v) is 7.82. The maximum absolute atomic E-state index is 3.54. The van der Waals surface area contributed by atoms with E-state index in [1.165, 1.54) is 15.6 Å². The standard InChI is InChI=1S/C14H19NS2/c1-10(15-17-14(2,3)4)12-7-5-6-11-8-9-16-13(11)12/h5-10,15H,1-4H3. The third-order valence-corrected chi connectivity index (χ3v) is 4.58. The van der Waals surface area contributed by atoms with Crippen molar-refractivity contribution in [1.82, 2.24) is 4.72 Å². The largest absolute Gasteiger partial charge is 0.256 e. The highest BCUT2D eigenvalue weighted by molar-refractivity contribution is 7.98. The molecule has 1 unspecified atom stereocenters. The molecule has 0 bridgehead atoms. The van der Waals surface area contributed by atoms with Crippen LogP contribution in [0.15, 0.2) is 29.6 Å². The molecular weight excluding hydrogens is 246 g/mol. The minimum atomic E-state index is 0.248. The second-order valence-electron chi connectivity index (χ2n) is 5.24. The van der Waals surface area contributed by atoms with E-state index in [9.17, 15) is 0 Å². The average molecular weight is 265 g/mol. The molecule has 0 spiro atoms. The SMILES string of the molecule is CC(NSC(C)(C)C)c1cccc2ccsc12.